The molecule has 0 bridgehead atoms. The second kappa shape index (κ2) is 8.34. The summed E-state index contributed by atoms with van der Waals surface area (Å²) in [5.41, 5.74) is 0.757. The first-order chi connectivity index (χ1) is 12.9. The molecule has 0 aliphatic rings. The lowest BCUT2D eigenvalue weighted by molar-refractivity contribution is -0.116. The number of carbonyl (C=O) groups excluding carboxylic acids is 1. The lowest BCUT2D eigenvalue weighted by Gasteiger charge is -2.06. The molecule has 7 nitrogen and oxygen atoms in total. The SMILES string of the molecule is COc1ccc2nc(NC(=O)CCNS(=O)(=O)c3ccc(Br)cc3)sc2c1. The van der Waals surface area contributed by atoms with Gasteiger partial charge in [-0.2, -0.15) is 0 Å². The number of anilines is 1. The molecule has 0 saturated carbocycles. The highest BCUT2D eigenvalue weighted by molar-refractivity contribution is 9.10. The molecule has 0 aliphatic heterocycles. The van der Waals surface area contributed by atoms with Crippen LogP contribution in [-0.2, 0) is 14.8 Å². The van der Waals surface area contributed by atoms with Crippen LogP contribution >= 0.6 is 27.3 Å². The second-order valence-electron chi connectivity index (χ2n) is 5.50. The maximum absolute atomic E-state index is 12.2. The number of methoxy groups -OCH3 is 1. The van der Waals surface area contributed by atoms with E-state index in [4.69, 9.17) is 4.74 Å². The molecule has 10 heteroatoms. The number of carbonyl (C=O) groups is 1. The van der Waals surface area contributed by atoms with Crippen molar-refractivity contribution in [3.63, 3.8) is 0 Å². The summed E-state index contributed by atoms with van der Waals surface area (Å²) in [7, 11) is -2.07. The van der Waals surface area contributed by atoms with Crippen molar-refractivity contribution >= 4 is 58.5 Å². The molecule has 0 unspecified atom stereocenters. The van der Waals surface area contributed by atoms with Gasteiger partial charge in [-0.05, 0) is 42.5 Å². The van der Waals surface area contributed by atoms with Crippen LogP contribution < -0.4 is 14.8 Å². The fourth-order valence-electron chi connectivity index (χ4n) is 2.26. The fourth-order valence-corrected chi connectivity index (χ4v) is 4.47. The predicted molar refractivity (Wildman–Crippen MR) is 109 cm³/mol. The van der Waals surface area contributed by atoms with Gasteiger partial charge in [0, 0.05) is 17.4 Å². The van der Waals surface area contributed by atoms with Crippen molar-refractivity contribution in [1.29, 1.82) is 0 Å². The fraction of sp³-hybridized carbons (Fsp3) is 0.176. The quantitative estimate of drug-likeness (QED) is 0.552. The van der Waals surface area contributed by atoms with E-state index in [-0.39, 0.29) is 23.8 Å². The molecule has 1 amide bonds. The van der Waals surface area contributed by atoms with E-state index in [2.05, 4.69) is 31.0 Å². The van der Waals surface area contributed by atoms with Crippen LogP contribution in [0.15, 0.2) is 51.8 Å². The van der Waals surface area contributed by atoms with Gasteiger partial charge in [-0.3, -0.25) is 4.79 Å². The third-order valence-corrected chi connectivity index (χ3v) is 6.55. The molecule has 2 N–H and O–H groups in total. The van der Waals surface area contributed by atoms with Crippen molar-refractivity contribution in [2.45, 2.75) is 11.3 Å². The smallest absolute Gasteiger partial charge is 0.240 e. The zero-order chi connectivity index (χ0) is 19.4. The zero-order valence-electron chi connectivity index (χ0n) is 14.2. The maximum atomic E-state index is 12.2. The Morgan fingerprint density at radius 3 is 2.67 bits per heavy atom. The average molecular weight is 470 g/mol. The first kappa shape index (κ1) is 19.7. The third kappa shape index (κ3) is 5.04. The van der Waals surface area contributed by atoms with Crippen molar-refractivity contribution in [2.24, 2.45) is 0 Å². The van der Waals surface area contributed by atoms with Crippen molar-refractivity contribution in [2.75, 3.05) is 19.0 Å². The number of nitrogens with zero attached hydrogens (tertiary/aromatic N) is 1. The van der Waals surface area contributed by atoms with E-state index >= 15 is 0 Å². The lowest BCUT2D eigenvalue weighted by atomic mass is 10.3. The molecular weight excluding hydrogens is 454 g/mol. The molecule has 3 rings (SSSR count). The summed E-state index contributed by atoms with van der Waals surface area (Å²) in [6.07, 6.45) is -0.00496. The van der Waals surface area contributed by atoms with Crippen LogP contribution in [-0.4, -0.2) is 33.0 Å². The minimum Gasteiger partial charge on any atom is -0.497 e. The number of nitrogens with one attached hydrogen (secondary N) is 2. The van der Waals surface area contributed by atoms with Crippen LogP contribution in [0.5, 0.6) is 5.75 Å². The Morgan fingerprint density at radius 1 is 1.22 bits per heavy atom. The van der Waals surface area contributed by atoms with E-state index in [1.807, 2.05) is 12.1 Å². The summed E-state index contributed by atoms with van der Waals surface area (Å²) in [5, 5.41) is 3.15. The van der Waals surface area contributed by atoms with Crippen LogP contribution in [0.25, 0.3) is 10.2 Å². The lowest BCUT2D eigenvalue weighted by Crippen LogP contribution is -2.27. The maximum Gasteiger partial charge on any atom is 0.240 e. The minimum atomic E-state index is -3.65. The molecule has 0 radical (unpaired) electrons. The van der Waals surface area contributed by atoms with E-state index in [0.717, 1.165) is 14.7 Å². The summed E-state index contributed by atoms with van der Waals surface area (Å²) < 4.78 is 33.6. The molecular formula is C17H16BrN3O4S2. The van der Waals surface area contributed by atoms with Crippen molar-refractivity contribution in [3.8, 4) is 5.75 Å². The summed E-state index contributed by atoms with van der Waals surface area (Å²) in [5.74, 6) is 0.394. The summed E-state index contributed by atoms with van der Waals surface area (Å²) in [6, 6.07) is 11.7. The molecule has 1 aromatic heterocycles. The highest BCUT2D eigenvalue weighted by Crippen LogP contribution is 2.29. The van der Waals surface area contributed by atoms with Gasteiger partial charge in [-0.25, -0.2) is 18.1 Å². The number of thiazole rings is 1. The predicted octanol–water partition coefficient (Wildman–Crippen LogP) is 3.37. The number of halogens is 1. The van der Waals surface area contributed by atoms with Gasteiger partial charge in [0.2, 0.25) is 15.9 Å². The Morgan fingerprint density at radius 2 is 1.96 bits per heavy atom. The topological polar surface area (TPSA) is 97.4 Å². The summed E-state index contributed by atoms with van der Waals surface area (Å²) in [6.45, 7) is -0.0110. The van der Waals surface area contributed by atoms with Crippen LogP contribution in [0.1, 0.15) is 6.42 Å². The number of rotatable bonds is 7. The van der Waals surface area contributed by atoms with E-state index in [0.29, 0.717) is 10.9 Å². The van der Waals surface area contributed by atoms with Crippen LogP contribution in [0.2, 0.25) is 0 Å². The van der Waals surface area contributed by atoms with Gasteiger partial charge in [-0.15, -0.1) is 0 Å². The summed E-state index contributed by atoms with van der Waals surface area (Å²) >= 11 is 4.58. The number of ether oxygens (including phenoxy) is 1. The van der Waals surface area contributed by atoms with E-state index < -0.39 is 10.0 Å². The third-order valence-electron chi connectivity index (χ3n) is 3.61. The standard InChI is InChI=1S/C17H16BrN3O4S2/c1-25-12-4-7-14-15(10-12)26-17(20-14)21-16(22)8-9-19-27(23,24)13-5-2-11(18)3-6-13/h2-7,10,19H,8-9H2,1H3,(H,20,21,22). The van der Waals surface area contributed by atoms with E-state index in [9.17, 15) is 13.2 Å². The van der Waals surface area contributed by atoms with Crippen molar-refractivity contribution in [1.82, 2.24) is 9.71 Å². The molecule has 2 aromatic carbocycles. The molecule has 3 aromatic rings. The molecule has 0 atom stereocenters. The minimum absolute atomic E-state index is 0.00496. The normalized spacial score (nSPS) is 11.5. The van der Waals surface area contributed by atoms with Gasteiger partial charge in [-0.1, -0.05) is 27.3 Å². The largest absolute Gasteiger partial charge is 0.497 e. The van der Waals surface area contributed by atoms with Crippen LogP contribution in [0, 0.1) is 0 Å². The number of aromatic nitrogens is 1. The number of sulfonamides is 1. The highest BCUT2D eigenvalue weighted by atomic mass is 79.9. The Bertz CT molecular complexity index is 1070. The molecule has 142 valence electrons. The first-order valence-corrected chi connectivity index (χ1v) is 11.0. The molecule has 0 fully saturated rings. The van der Waals surface area contributed by atoms with Gasteiger partial charge < -0.3 is 10.1 Å². The Balaban J connectivity index is 1.56. The van der Waals surface area contributed by atoms with Gasteiger partial charge in [0.15, 0.2) is 5.13 Å². The monoisotopic (exact) mass is 469 g/mol. The van der Waals surface area contributed by atoms with Gasteiger partial charge >= 0.3 is 0 Å². The number of amides is 1. The van der Waals surface area contributed by atoms with Gasteiger partial charge in [0.1, 0.15) is 5.75 Å². The van der Waals surface area contributed by atoms with Crippen LogP contribution in [0.4, 0.5) is 5.13 Å². The Hall–Kier alpha value is -2.01. The first-order valence-electron chi connectivity index (χ1n) is 7.87. The molecule has 0 aliphatic carbocycles. The van der Waals surface area contributed by atoms with Gasteiger partial charge in [0.05, 0.1) is 22.2 Å². The van der Waals surface area contributed by atoms with Crippen molar-refractivity contribution in [3.05, 3.63) is 46.9 Å². The van der Waals surface area contributed by atoms with Crippen molar-refractivity contribution < 1.29 is 17.9 Å². The molecule has 0 spiro atoms. The average Bonchev–Trinajstić information content (AvgIpc) is 3.02. The number of fused-ring (bicyclic) bond motifs is 1. The molecule has 0 saturated heterocycles. The molecule has 27 heavy (non-hydrogen) atoms. The van der Waals surface area contributed by atoms with E-state index in [1.165, 1.54) is 23.5 Å². The Kier molecular flexibility index (Phi) is 6.10. The number of hydrogen-bond acceptors (Lipinski definition) is 6. The highest BCUT2D eigenvalue weighted by Gasteiger charge is 2.14. The van der Waals surface area contributed by atoms with Gasteiger partial charge in [0.25, 0.3) is 0 Å². The number of benzene rings is 2. The second-order valence-corrected chi connectivity index (χ2v) is 9.22. The zero-order valence-corrected chi connectivity index (χ0v) is 17.4. The Labute approximate surface area is 168 Å². The van der Waals surface area contributed by atoms with Crippen LogP contribution in [0.3, 0.4) is 0 Å². The van der Waals surface area contributed by atoms with E-state index in [1.54, 1.807) is 25.3 Å². The summed E-state index contributed by atoms with van der Waals surface area (Å²) in [4.78, 5) is 16.5. The molecule has 1 heterocycles. The number of hydrogen-bond donors (Lipinski definition) is 2.